The van der Waals surface area contributed by atoms with Crippen LogP contribution in [0, 0.1) is 6.92 Å². The van der Waals surface area contributed by atoms with Crippen LogP contribution in [0.3, 0.4) is 0 Å². The van der Waals surface area contributed by atoms with Gasteiger partial charge >= 0.3 is 0 Å². The van der Waals surface area contributed by atoms with Gasteiger partial charge in [-0.1, -0.05) is 12.1 Å². The Kier molecular flexibility index (Phi) is 5.74. The van der Waals surface area contributed by atoms with Gasteiger partial charge in [0.2, 0.25) is 0 Å². The van der Waals surface area contributed by atoms with E-state index >= 15 is 0 Å². The van der Waals surface area contributed by atoms with Gasteiger partial charge in [0.15, 0.2) is 0 Å². The summed E-state index contributed by atoms with van der Waals surface area (Å²) < 4.78 is 0. The summed E-state index contributed by atoms with van der Waals surface area (Å²) in [4.78, 5) is 21.7. The van der Waals surface area contributed by atoms with Crippen LogP contribution in [-0.2, 0) is 0 Å². The number of benzene rings is 1. The van der Waals surface area contributed by atoms with Gasteiger partial charge in [0.05, 0.1) is 17.8 Å². The number of hydrogen-bond acceptors (Lipinski definition) is 5. The van der Waals surface area contributed by atoms with Crippen molar-refractivity contribution in [2.75, 3.05) is 11.9 Å². The van der Waals surface area contributed by atoms with Crippen molar-refractivity contribution in [2.24, 2.45) is 0 Å². The number of anilines is 1. The molecule has 0 aliphatic heterocycles. The Bertz CT molecular complexity index is 1090. The lowest BCUT2D eigenvalue weighted by atomic mass is 9.96. The first-order chi connectivity index (χ1) is 14.9. The second-order valence-electron chi connectivity index (χ2n) is 8.78. The molecule has 0 spiro atoms. The summed E-state index contributed by atoms with van der Waals surface area (Å²) in [5.74, 6) is 0.617. The summed E-state index contributed by atoms with van der Waals surface area (Å²) in [7, 11) is 0. The lowest BCUT2D eigenvalue weighted by Gasteiger charge is -2.26. The lowest BCUT2D eigenvalue weighted by molar-refractivity contribution is 0.0951. The number of aliphatic hydroxyl groups excluding tert-OH is 1. The van der Waals surface area contributed by atoms with Gasteiger partial charge in [-0.2, -0.15) is 0 Å². The van der Waals surface area contributed by atoms with Crippen LogP contribution in [0.25, 0.3) is 22.4 Å². The SMILES string of the molecule is Cc1ccc(C(=O)NC2CC2)cc1-c1cnc(NC(C)(C)CO)c(-c2ccccn2)c1. The third kappa shape index (κ3) is 4.91. The first kappa shape index (κ1) is 21.0. The maximum atomic E-state index is 12.6. The van der Waals surface area contributed by atoms with Crippen LogP contribution in [0.5, 0.6) is 0 Å². The van der Waals surface area contributed by atoms with Crippen LogP contribution in [0.1, 0.15) is 42.6 Å². The molecule has 0 saturated heterocycles. The van der Waals surface area contributed by atoms with E-state index in [-0.39, 0.29) is 12.5 Å². The van der Waals surface area contributed by atoms with Crippen LogP contribution >= 0.6 is 0 Å². The summed E-state index contributed by atoms with van der Waals surface area (Å²) in [5, 5.41) is 16.1. The smallest absolute Gasteiger partial charge is 0.251 e. The van der Waals surface area contributed by atoms with Gasteiger partial charge in [-0.3, -0.25) is 9.78 Å². The number of nitrogens with one attached hydrogen (secondary N) is 2. The molecule has 1 fully saturated rings. The molecule has 4 rings (SSSR count). The quantitative estimate of drug-likeness (QED) is 0.537. The number of aryl methyl sites for hydroxylation is 1. The molecule has 0 unspecified atom stereocenters. The molecule has 0 bridgehead atoms. The highest BCUT2D eigenvalue weighted by Gasteiger charge is 2.24. The van der Waals surface area contributed by atoms with Crippen LogP contribution in [-0.4, -0.2) is 39.2 Å². The van der Waals surface area contributed by atoms with Crippen molar-refractivity contribution in [2.45, 2.75) is 45.2 Å². The molecule has 1 aliphatic rings. The Balaban J connectivity index is 1.76. The maximum Gasteiger partial charge on any atom is 0.251 e. The average Bonchev–Trinajstić information content (AvgIpc) is 3.59. The first-order valence-electron chi connectivity index (χ1n) is 10.6. The molecule has 1 amide bonds. The fraction of sp³-hybridized carbons (Fsp3) is 0.320. The van der Waals surface area contributed by atoms with Crippen molar-refractivity contribution < 1.29 is 9.90 Å². The van der Waals surface area contributed by atoms with Gasteiger partial charge < -0.3 is 15.7 Å². The van der Waals surface area contributed by atoms with Gasteiger partial charge in [0, 0.05) is 35.1 Å². The van der Waals surface area contributed by atoms with E-state index in [0.717, 1.165) is 40.8 Å². The predicted octanol–water partition coefficient (Wildman–Crippen LogP) is 4.19. The molecule has 1 saturated carbocycles. The van der Waals surface area contributed by atoms with E-state index in [2.05, 4.69) is 20.6 Å². The topological polar surface area (TPSA) is 87.1 Å². The van der Waals surface area contributed by atoms with Crippen molar-refractivity contribution in [3.63, 3.8) is 0 Å². The molecular formula is C25H28N4O2. The molecule has 2 aromatic heterocycles. The third-order valence-electron chi connectivity index (χ3n) is 5.40. The number of aliphatic hydroxyl groups is 1. The molecule has 3 aromatic rings. The van der Waals surface area contributed by atoms with Crippen molar-refractivity contribution in [1.29, 1.82) is 0 Å². The molecule has 6 heteroatoms. The van der Waals surface area contributed by atoms with E-state index in [1.165, 1.54) is 0 Å². The maximum absolute atomic E-state index is 12.6. The second-order valence-corrected chi connectivity index (χ2v) is 8.78. The largest absolute Gasteiger partial charge is 0.394 e. The predicted molar refractivity (Wildman–Crippen MR) is 123 cm³/mol. The number of nitrogens with zero attached hydrogens (tertiary/aromatic N) is 2. The highest BCUT2D eigenvalue weighted by molar-refractivity contribution is 5.96. The van der Waals surface area contributed by atoms with E-state index in [9.17, 15) is 9.90 Å². The zero-order chi connectivity index (χ0) is 22.0. The number of rotatable bonds is 7. The normalized spacial score (nSPS) is 13.7. The summed E-state index contributed by atoms with van der Waals surface area (Å²) in [6, 6.07) is 13.9. The van der Waals surface area contributed by atoms with Gasteiger partial charge in [0.25, 0.3) is 5.91 Å². The van der Waals surface area contributed by atoms with Crippen LogP contribution < -0.4 is 10.6 Å². The molecule has 0 radical (unpaired) electrons. The van der Waals surface area contributed by atoms with E-state index in [1.54, 1.807) is 12.4 Å². The number of carbonyl (C=O) groups excluding carboxylic acids is 1. The van der Waals surface area contributed by atoms with Crippen LogP contribution in [0.15, 0.2) is 54.9 Å². The Morgan fingerprint density at radius 2 is 1.94 bits per heavy atom. The fourth-order valence-electron chi connectivity index (χ4n) is 3.36. The van der Waals surface area contributed by atoms with Crippen molar-refractivity contribution in [3.8, 4) is 22.4 Å². The van der Waals surface area contributed by atoms with Gasteiger partial charge in [0.1, 0.15) is 5.82 Å². The molecule has 2 heterocycles. The van der Waals surface area contributed by atoms with Crippen molar-refractivity contribution in [3.05, 3.63) is 66.0 Å². The molecule has 160 valence electrons. The van der Waals surface area contributed by atoms with E-state index in [0.29, 0.717) is 17.4 Å². The van der Waals surface area contributed by atoms with E-state index in [4.69, 9.17) is 0 Å². The second kappa shape index (κ2) is 8.47. The van der Waals surface area contributed by atoms with Crippen molar-refractivity contribution >= 4 is 11.7 Å². The fourth-order valence-corrected chi connectivity index (χ4v) is 3.36. The highest BCUT2D eigenvalue weighted by Crippen LogP contribution is 2.33. The summed E-state index contributed by atoms with van der Waals surface area (Å²) in [6.45, 7) is 5.82. The zero-order valence-corrected chi connectivity index (χ0v) is 18.1. The van der Waals surface area contributed by atoms with E-state index in [1.807, 2.05) is 63.2 Å². The summed E-state index contributed by atoms with van der Waals surface area (Å²) >= 11 is 0. The Labute approximate surface area is 182 Å². The summed E-state index contributed by atoms with van der Waals surface area (Å²) in [6.07, 6.45) is 5.66. The highest BCUT2D eigenvalue weighted by atomic mass is 16.3. The lowest BCUT2D eigenvalue weighted by Crippen LogP contribution is -2.35. The van der Waals surface area contributed by atoms with Gasteiger partial charge in [-0.15, -0.1) is 0 Å². The minimum Gasteiger partial charge on any atom is -0.394 e. The molecule has 6 nitrogen and oxygen atoms in total. The monoisotopic (exact) mass is 416 g/mol. The minimum absolute atomic E-state index is 0.0324. The number of amides is 1. The number of hydrogen-bond donors (Lipinski definition) is 3. The number of carbonyl (C=O) groups is 1. The van der Waals surface area contributed by atoms with Crippen molar-refractivity contribution in [1.82, 2.24) is 15.3 Å². The summed E-state index contributed by atoms with van der Waals surface area (Å²) in [5.41, 5.74) is 4.67. The molecule has 1 aromatic carbocycles. The minimum atomic E-state index is -0.533. The number of aromatic nitrogens is 2. The van der Waals surface area contributed by atoms with Crippen LogP contribution in [0.4, 0.5) is 5.82 Å². The third-order valence-corrected chi connectivity index (χ3v) is 5.40. The Hall–Kier alpha value is -3.25. The molecule has 3 N–H and O–H groups in total. The molecular weight excluding hydrogens is 388 g/mol. The molecule has 0 atom stereocenters. The average molecular weight is 417 g/mol. The molecule has 1 aliphatic carbocycles. The van der Waals surface area contributed by atoms with E-state index < -0.39 is 5.54 Å². The Morgan fingerprint density at radius 1 is 1.13 bits per heavy atom. The number of pyridine rings is 2. The van der Waals surface area contributed by atoms with Crippen LogP contribution in [0.2, 0.25) is 0 Å². The Morgan fingerprint density at radius 3 is 2.61 bits per heavy atom. The van der Waals surface area contributed by atoms with Gasteiger partial charge in [-0.25, -0.2) is 4.98 Å². The first-order valence-corrected chi connectivity index (χ1v) is 10.6. The molecule has 31 heavy (non-hydrogen) atoms. The standard InChI is InChI=1S/C25H28N4O2/c1-16-7-8-17(24(31)28-19-9-10-19)12-20(16)18-13-21(22-6-4-5-11-26-22)23(27-14-18)29-25(2,3)15-30/h4-8,11-14,19,30H,9-10,15H2,1-3H3,(H,27,29)(H,28,31). The zero-order valence-electron chi connectivity index (χ0n) is 18.1. The van der Waals surface area contributed by atoms with Gasteiger partial charge in [-0.05, 0) is 75.1 Å².